The number of ether oxygens (including phenoxy) is 1. The third-order valence-corrected chi connectivity index (χ3v) is 6.75. The fourth-order valence-corrected chi connectivity index (χ4v) is 5.17. The number of fused-ring (bicyclic) bond motifs is 3. The Hall–Kier alpha value is -3.22. The highest BCUT2D eigenvalue weighted by Gasteiger charge is 2.44. The molecule has 3 aromatic rings. The lowest BCUT2D eigenvalue weighted by Gasteiger charge is -2.49. The summed E-state index contributed by atoms with van der Waals surface area (Å²) in [5.74, 6) is 1.39. The van der Waals surface area contributed by atoms with Crippen LogP contribution in [0.15, 0.2) is 40.9 Å². The van der Waals surface area contributed by atoms with Gasteiger partial charge in [0.25, 0.3) is 5.91 Å². The van der Waals surface area contributed by atoms with E-state index in [1.165, 1.54) is 0 Å². The molecule has 7 nitrogen and oxygen atoms in total. The monoisotopic (exact) mass is 432 g/mol. The molecule has 1 aliphatic carbocycles. The Labute approximate surface area is 187 Å². The zero-order valence-corrected chi connectivity index (χ0v) is 18.7. The number of hydrogen-bond donors (Lipinski definition) is 0. The summed E-state index contributed by atoms with van der Waals surface area (Å²) < 4.78 is 11.5. The summed E-state index contributed by atoms with van der Waals surface area (Å²) >= 11 is 0. The molecule has 1 amide bonds. The summed E-state index contributed by atoms with van der Waals surface area (Å²) in [6.45, 7) is 7.07. The third kappa shape index (κ3) is 3.87. The largest absolute Gasteiger partial charge is 0.463 e. The van der Waals surface area contributed by atoms with E-state index in [-0.39, 0.29) is 11.9 Å². The maximum Gasteiger partial charge on any atom is 0.316 e. The number of nitrogens with zero attached hydrogens (tertiary/aromatic N) is 4. The Kier molecular flexibility index (Phi) is 5.41. The van der Waals surface area contributed by atoms with Crippen LogP contribution in [0.4, 0.5) is 0 Å². The molecule has 3 atom stereocenters. The second-order valence-corrected chi connectivity index (χ2v) is 9.03. The summed E-state index contributed by atoms with van der Waals surface area (Å²) in [5.41, 5.74) is 3.92. The molecule has 0 spiro atoms. The van der Waals surface area contributed by atoms with Crippen LogP contribution < -0.4 is 4.74 Å². The Bertz CT molecular complexity index is 1110. The van der Waals surface area contributed by atoms with Crippen LogP contribution in [0.5, 0.6) is 6.01 Å². The molecule has 1 saturated carbocycles. The van der Waals surface area contributed by atoms with Gasteiger partial charge in [-0.2, -0.15) is 0 Å². The van der Waals surface area contributed by atoms with Crippen molar-refractivity contribution in [2.45, 2.75) is 46.1 Å². The average Bonchev–Trinajstić information content (AvgIpc) is 3.19. The molecule has 166 valence electrons. The van der Waals surface area contributed by atoms with Crippen LogP contribution in [-0.2, 0) is 0 Å². The van der Waals surface area contributed by atoms with Gasteiger partial charge in [-0.25, -0.2) is 9.97 Å². The normalized spacial score (nSPS) is 22.2. The number of aromatic nitrogens is 3. The molecule has 0 N–H and O–H groups in total. The molecular formula is C25H28N4O3. The molecule has 2 aromatic heterocycles. The van der Waals surface area contributed by atoms with Gasteiger partial charge in [-0.3, -0.25) is 4.79 Å². The number of hydrogen-bond acceptors (Lipinski definition) is 6. The predicted molar refractivity (Wildman–Crippen MR) is 119 cm³/mol. The summed E-state index contributed by atoms with van der Waals surface area (Å²) in [7, 11) is 0. The first-order valence-corrected chi connectivity index (χ1v) is 11.3. The van der Waals surface area contributed by atoms with Crippen LogP contribution in [-0.4, -0.2) is 45.1 Å². The fraction of sp³-hybridized carbons (Fsp3) is 0.440. The van der Waals surface area contributed by atoms with Crippen molar-refractivity contribution < 1.29 is 14.1 Å². The maximum atomic E-state index is 13.6. The number of benzene rings is 1. The Morgan fingerprint density at radius 1 is 1.12 bits per heavy atom. The number of piperidine rings is 2. The van der Waals surface area contributed by atoms with Crippen LogP contribution in [0.3, 0.4) is 0 Å². The van der Waals surface area contributed by atoms with Gasteiger partial charge in [0, 0.05) is 29.5 Å². The number of carbonyl (C=O) groups excluding carboxylic acids is 1. The van der Waals surface area contributed by atoms with E-state index in [0.29, 0.717) is 41.5 Å². The molecule has 4 heterocycles. The van der Waals surface area contributed by atoms with E-state index in [0.717, 1.165) is 42.8 Å². The van der Waals surface area contributed by atoms with Gasteiger partial charge < -0.3 is 14.2 Å². The maximum absolute atomic E-state index is 13.6. The number of amides is 1. The van der Waals surface area contributed by atoms with Gasteiger partial charge in [0.1, 0.15) is 5.56 Å². The van der Waals surface area contributed by atoms with Crippen LogP contribution in [0.1, 0.15) is 46.7 Å². The molecule has 3 fully saturated rings. The zero-order chi connectivity index (χ0) is 22.2. The summed E-state index contributed by atoms with van der Waals surface area (Å²) in [4.78, 5) is 24.4. The van der Waals surface area contributed by atoms with Gasteiger partial charge in [-0.05, 0) is 57.9 Å². The highest BCUT2D eigenvalue weighted by molar-refractivity contribution is 6.00. The molecule has 1 aromatic carbocycles. The molecule has 3 aliphatic rings. The van der Waals surface area contributed by atoms with Crippen molar-refractivity contribution in [1.82, 2.24) is 20.0 Å². The smallest absolute Gasteiger partial charge is 0.316 e. The van der Waals surface area contributed by atoms with E-state index in [1.54, 1.807) is 0 Å². The van der Waals surface area contributed by atoms with Crippen LogP contribution in [0.25, 0.3) is 11.3 Å². The van der Waals surface area contributed by atoms with Crippen molar-refractivity contribution in [1.29, 1.82) is 0 Å². The highest BCUT2D eigenvalue weighted by atomic mass is 16.5. The third-order valence-electron chi connectivity index (χ3n) is 6.75. The number of rotatable bonds is 5. The first-order valence-electron chi connectivity index (χ1n) is 11.3. The first kappa shape index (κ1) is 20.7. The molecule has 3 unspecified atom stereocenters. The van der Waals surface area contributed by atoms with Crippen molar-refractivity contribution >= 4 is 5.91 Å². The zero-order valence-electron chi connectivity index (χ0n) is 18.7. The quantitative estimate of drug-likeness (QED) is 0.595. The lowest BCUT2D eigenvalue weighted by Crippen LogP contribution is -2.55. The minimum atomic E-state index is 0.0225. The van der Waals surface area contributed by atoms with Gasteiger partial charge >= 0.3 is 6.01 Å². The van der Waals surface area contributed by atoms with Crippen molar-refractivity contribution in [3.63, 3.8) is 0 Å². The van der Waals surface area contributed by atoms with Gasteiger partial charge in [-0.15, -0.1) is 0 Å². The standard InChI is InChI=1S/C25H28N4O3/c1-15-11-16(2)27-25(26-15)31-14-20-12-21-10-9-19(20)13-29(21)24(30)22-17(3)28-32-23(22)18-7-5-4-6-8-18/h4-8,11,19-21H,9-10,12-14H2,1-3H3. The summed E-state index contributed by atoms with van der Waals surface area (Å²) in [6.07, 6.45) is 3.08. The minimum Gasteiger partial charge on any atom is -0.463 e. The molecule has 6 rings (SSSR count). The summed E-state index contributed by atoms with van der Waals surface area (Å²) in [5, 5.41) is 4.11. The van der Waals surface area contributed by atoms with Gasteiger partial charge in [0.05, 0.1) is 12.3 Å². The predicted octanol–water partition coefficient (Wildman–Crippen LogP) is 4.38. The lowest BCUT2D eigenvalue weighted by molar-refractivity contribution is -0.00533. The Morgan fingerprint density at radius 3 is 2.56 bits per heavy atom. The van der Waals surface area contributed by atoms with Crippen LogP contribution in [0.2, 0.25) is 0 Å². The van der Waals surface area contributed by atoms with E-state index in [2.05, 4.69) is 15.1 Å². The fourth-order valence-electron chi connectivity index (χ4n) is 5.17. The van der Waals surface area contributed by atoms with Gasteiger partial charge in [0.2, 0.25) is 0 Å². The topological polar surface area (TPSA) is 81.4 Å². The van der Waals surface area contributed by atoms with E-state index in [4.69, 9.17) is 9.26 Å². The minimum absolute atomic E-state index is 0.0225. The van der Waals surface area contributed by atoms with Crippen molar-refractivity contribution in [2.75, 3.05) is 13.2 Å². The molecule has 2 saturated heterocycles. The summed E-state index contributed by atoms with van der Waals surface area (Å²) in [6, 6.07) is 12.3. The molecular weight excluding hydrogens is 404 g/mol. The highest BCUT2D eigenvalue weighted by Crippen LogP contribution is 2.41. The lowest BCUT2D eigenvalue weighted by atomic mass is 9.72. The average molecular weight is 433 g/mol. The second kappa shape index (κ2) is 8.37. The number of carbonyl (C=O) groups is 1. The van der Waals surface area contributed by atoms with E-state index in [9.17, 15) is 4.79 Å². The van der Waals surface area contributed by atoms with Crippen molar-refractivity contribution in [3.8, 4) is 17.3 Å². The Balaban J connectivity index is 1.30. The Morgan fingerprint density at radius 2 is 1.88 bits per heavy atom. The first-order chi connectivity index (χ1) is 15.5. The van der Waals surface area contributed by atoms with Crippen molar-refractivity contribution in [2.24, 2.45) is 11.8 Å². The molecule has 32 heavy (non-hydrogen) atoms. The molecule has 2 aliphatic heterocycles. The van der Waals surface area contributed by atoms with Crippen molar-refractivity contribution in [3.05, 3.63) is 59.0 Å². The van der Waals surface area contributed by atoms with Gasteiger partial charge in [-0.1, -0.05) is 35.5 Å². The van der Waals surface area contributed by atoms with Gasteiger partial charge in [0.15, 0.2) is 5.76 Å². The molecule has 7 heteroatoms. The molecule has 0 radical (unpaired) electrons. The van der Waals surface area contributed by atoms with E-state index < -0.39 is 0 Å². The SMILES string of the molecule is Cc1cc(C)nc(OCC2CC3CCC2CN3C(=O)c2c(C)noc2-c2ccccc2)n1. The second-order valence-electron chi connectivity index (χ2n) is 9.03. The van der Waals surface area contributed by atoms with E-state index >= 15 is 0 Å². The van der Waals surface area contributed by atoms with E-state index in [1.807, 2.05) is 62.1 Å². The van der Waals surface area contributed by atoms with Crippen LogP contribution in [0, 0.1) is 32.6 Å². The number of aryl methyl sites for hydroxylation is 3. The molecule has 2 bridgehead atoms. The van der Waals surface area contributed by atoms with Crippen LogP contribution >= 0.6 is 0 Å².